The van der Waals surface area contributed by atoms with Gasteiger partial charge in [0.2, 0.25) is 12.7 Å². The number of fused-ring (bicyclic) bond motifs is 1. The molecule has 138 valence electrons. The summed E-state index contributed by atoms with van der Waals surface area (Å²) in [4.78, 5) is 10.5. The molecule has 2 N–H and O–H groups in total. The van der Waals surface area contributed by atoms with Gasteiger partial charge in [-0.2, -0.15) is 0 Å². The monoisotopic (exact) mass is 364 g/mol. The smallest absolute Gasteiger partial charge is 0.231 e. The van der Waals surface area contributed by atoms with Crippen molar-refractivity contribution in [1.82, 2.24) is 9.97 Å². The van der Waals surface area contributed by atoms with Crippen LogP contribution in [0.5, 0.6) is 17.2 Å². The van der Waals surface area contributed by atoms with Gasteiger partial charge < -0.3 is 24.8 Å². The van der Waals surface area contributed by atoms with Crippen LogP contribution in [0.15, 0.2) is 54.9 Å². The van der Waals surface area contributed by atoms with Crippen LogP contribution >= 0.6 is 0 Å². The number of nitrogens with zero attached hydrogens (tertiary/aromatic N) is 3. The highest BCUT2D eigenvalue weighted by atomic mass is 16.7. The molecule has 0 amide bonds. The second-order valence-corrected chi connectivity index (χ2v) is 6.40. The van der Waals surface area contributed by atoms with Crippen LogP contribution in [0.4, 0.5) is 11.6 Å². The number of hydrogen-bond acceptors (Lipinski definition) is 7. The SMILES string of the molecule is CN(C)c1ccc(C(Nc2ncccn2)c2cc3c(cc2O)OCO3)cc1. The third-order valence-corrected chi connectivity index (χ3v) is 4.41. The largest absolute Gasteiger partial charge is 0.507 e. The number of rotatable bonds is 5. The molecule has 1 aromatic heterocycles. The molecular weight excluding hydrogens is 344 g/mol. The van der Waals surface area contributed by atoms with E-state index in [4.69, 9.17) is 9.47 Å². The van der Waals surface area contributed by atoms with Gasteiger partial charge in [0.1, 0.15) is 5.75 Å². The summed E-state index contributed by atoms with van der Waals surface area (Å²) < 4.78 is 10.8. The molecule has 0 saturated carbocycles. The van der Waals surface area contributed by atoms with Crippen molar-refractivity contribution in [3.63, 3.8) is 0 Å². The Morgan fingerprint density at radius 3 is 2.37 bits per heavy atom. The summed E-state index contributed by atoms with van der Waals surface area (Å²) in [5, 5.41) is 13.9. The van der Waals surface area contributed by atoms with Gasteiger partial charge in [-0.05, 0) is 29.8 Å². The third-order valence-electron chi connectivity index (χ3n) is 4.41. The lowest BCUT2D eigenvalue weighted by atomic mass is 9.97. The lowest BCUT2D eigenvalue weighted by Gasteiger charge is -2.22. The molecule has 2 heterocycles. The van der Waals surface area contributed by atoms with Crippen molar-refractivity contribution in [2.75, 3.05) is 31.1 Å². The highest BCUT2D eigenvalue weighted by Crippen LogP contribution is 2.42. The molecule has 1 aliphatic rings. The first-order chi connectivity index (χ1) is 13.1. The Bertz CT molecular complexity index is 930. The van der Waals surface area contributed by atoms with Gasteiger partial charge in [0, 0.05) is 43.8 Å². The number of phenols is 1. The van der Waals surface area contributed by atoms with E-state index < -0.39 is 0 Å². The van der Waals surface area contributed by atoms with Crippen LogP contribution in [0.2, 0.25) is 0 Å². The van der Waals surface area contributed by atoms with Crippen molar-refractivity contribution in [2.45, 2.75) is 6.04 Å². The summed E-state index contributed by atoms with van der Waals surface area (Å²) in [7, 11) is 3.98. The average molecular weight is 364 g/mol. The van der Waals surface area contributed by atoms with Gasteiger partial charge in [-0.15, -0.1) is 0 Å². The molecule has 0 aliphatic carbocycles. The summed E-state index contributed by atoms with van der Waals surface area (Å²) in [6.07, 6.45) is 3.34. The zero-order valence-electron chi connectivity index (χ0n) is 15.1. The van der Waals surface area contributed by atoms with Crippen molar-refractivity contribution in [3.05, 3.63) is 66.0 Å². The Morgan fingerprint density at radius 1 is 1.04 bits per heavy atom. The van der Waals surface area contributed by atoms with Crippen molar-refractivity contribution in [2.24, 2.45) is 0 Å². The minimum atomic E-state index is -0.363. The molecule has 3 aromatic rings. The van der Waals surface area contributed by atoms with Gasteiger partial charge in [-0.1, -0.05) is 12.1 Å². The highest BCUT2D eigenvalue weighted by molar-refractivity contribution is 5.57. The molecule has 7 nitrogen and oxygen atoms in total. The minimum Gasteiger partial charge on any atom is -0.507 e. The summed E-state index contributed by atoms with van der Waals surface area (Å²) in [5.74, 6) is 1.73. The fourth-order valence-corrected chi connectivity index (χ4v) is 2.99. The third kappa shape index (κ3) is 3.44. The first-order valence-electron chi connectivity index (χ1n) is 8.55. The van der Waals surface area contributed by atoms with Crippen molar-refractivity contribution in [3.8, 4) is 17.2 Å². The van der Waals surface area contributed by atoms with E-state index in [-0.39, 0.29) is 18.6 Å². The Hall–Kier alpha value is -3.48. The van der Waals surface area contributed by atoms with Crippen LogP contribution in [0, 0.1) is 0 Å². The lowest BCUT2D eigenvalue weighted by molar-refractivity contribution is 0.174. The number of hydrogen-bond donors (Lipinski definition) is 2. The molecule has 1 atom stereocenters. The number of phenolic OH excluding ortho intramolecular Hbond substituents is 1. The molecule has 1 aliphatic heterocycles. The number of benzene rings is 2. The van der Waals surface area contributed by atoms with Gasteiger partial charge in [0.05, 0.1) is 6.04 Å². The number of aromatic nitrogens is 2. The predicted octanol–water partition coefficient (Wildman–Crippen LogP) is 3.18. The van der Waals surface area contributed by atoms with Gasteiger partial charge in [-0.3, -0.25) is 0 Å². The standard InChI is InChI=1S/C20H20N4O3/c1-24(2)14-6-4-13(5-7-14)19(23-20-21-8-3-9-22-20)15-10-17-18(11-16(15)25)27-12-26-17/h3-11,19,25H,12H2,1-2H3,(H,21,22,23). The lowest BCUT2D eigenvalue weighted by Crippen LogP contribution is -2.15. The Balaban J connectivity index is 1.76. The van der Waals surface area contributed by atoms with Gasteiger partial charge in [-0.25, -0.2) is 9.97 Å². The molecule has 0 radical (unpaired) electrons. The molecule has 0 spiro atoms. The highest BCUT2D eigenvalue weighted by Gasteiger charge is 2.24. The first-order valence-corrected chi connectivity index (χ1v) is 8.55. The van der Waals surface area contributed by atoms with Gasteiger partial charge >= 0.3 is 0 Å². The quantitative estimate of drug-likeness (QED) is 0.720. The summed E-state index contributed by atoms with van der Waals surface area (Å²) in [6.45, 7) is 0.148. The maximum atomic E-state index is 10.6. The Kier molecular flexibility index (Phi) is 4.42. The fraction of sp³-hybridized carbons (Fsp3) is 0.200. The summed E-state index contributed by atoms with van der Waals surface area (Å²) in [6, 6.07) is 12.8. The molecular formula is C20H20N4O3. The van der Waals surface area contributed by atoms with E-state index in [1.807, 2.05) is 43.3 Å². The molecule has 4 rings (SSSR count). The van der Waals surface area contributed by atoms with E-state index >= 15 is 0 Å². The number of anilines is 2. The molecule has 2 aromatic carbocycles. The predicted molar refractivity (Wildman–Crippen MR) is 102 cm³/mol. The van der Waals surface area contributed by atoms with E-state index in [0.717, 1.165) is 11.3 Å². The molecule has 1 unspecified atom stereocenters. The molecule has 7 heteroatoms. The van der Waals surface area contributed by atoms with E-state index in [1.54, 1.807) is 30.6 Å². The number of nitrogens with one attached hydrogen (secondary N) is 1. The molecule has 0 fully saturated rings. The van der Waals surface area contributed by atoms with Crippen LogP contribution in [0.25, 0.3) is 0 Å². The average Bonchev–Trinajstić information content (AvgIpc) is 3.14. The van der Waals surface area contributed by atoms with Crippen molar-refractivity contribution >= 4 is 11.6 Å². The normalized spacial score (nSPS) is 13.3. The molecule has 27 heavy (non-hydrogen) atoms. The Labute approximate surface area is 157 Å². The number of ether oxygens (including phenoxy) is 2. The maximum absolute atomic E-state index is 10.6. The van der Waals surface area contributed by atoms with Gasteiger partial charge in [0.25, 0.3) is 0 Å². The first kappa shape index (κ1) is 17.0. The van der Waals surface area contributed by atoms with Gasteiger partial charge in [0.15, 0.2) is 11.5 Å². The zero-order valence-corrected chi connectivity index (χ0v) is 15.1. The van der Waals surface area contributed by atoms with Crippen LogP contribution < -0.4 is 19.7 Å². The Morgan fingerprint density at radius 2 is 1.70 bits per heavy atom. The summed E-state index contributed by atoms with van der Waals surface area (Å²) >= 11 is 0. The van der Waals surface area contributed by atoms with E-state index in [0.29, 0.717) is 23.0 Å². The zero-order chi connectivity index (χ0) is 18.8. The van der Waals surface area contributed by atoms with Crippen LogP contribution in [0.3, 0.4) is 0 Å². The maximum Gasteiger partial charge on any atom is 0.231 e. The second kappa shape index (κ2) is 7.03. The summed E-state index contributed by atoms with van der Waals surface area (Å²) in [5.41, 5.74) is 2.70. The van der Waals surface area contributed by atoms with E-state index in [9.17, 15) is 5.11 Å². The van der Waals surface area contributed by atoms with E-state index in [2.05, 4.69) is 15.3 Å². The topological polar surface area (TPSA) is 79.7 Å². The van der Waals surface area contributed by atoms with Crippen LogP contribution in [0.1, 0.15) is 17.2 Å². The van der Waals surface area contributed by atoms with Crippen LogP contribution in [-0.2, 0) is 0 Å². The van der Waals surface area contributed by atoms with E-state index in [1.165, 1.54) is 0 Å². The number of aromatic hydroxyl groups is 1. The minimum absolute atomic E-state index is 0.115. The van der Waals surface area contributed by atoms with Crippen molar-refractivity contribution < 1.29 is 14.6 Å². The second-order valence-electron chi connectivity index (χ2n) is 6.40. The fourth-order valence-electron chi connectivity index (χ4n) is 2.99. The molecule has 0 saturated heterocycles. The van der Waals surface area contributed by atoms with Crippen molar-refractivity contribution in [1.29, 1.82) is 0 Å². The van der Waals surface area contributed by atoms with Crippen LogP contribution in [-0.4, -0.2) is 36.0 Å². The molecule has 0 bridgehead atoms.